The molecule has 0 bridgehead atoms. The number of nitrogens with two attached hydrogens (primary N) is 1. The highest BCUT2D eigenvalue weighted by atomic mass is 35.5. The lowest BCUT2D eigenvalue weighted by molar-refractivity contribution is -0.124. The molecule has 0 aromatic rings. The number of rotatable bonds is 3. The van der Waals surface area contributed by atoms with Crippen LogP contribution in [0, 0.1) is 11.3 Å². The molecular formula is C16H31ClN2O. The standard InChI is InChI=1S/C16H30N2O.ClH/c1-16(2)10-6-5-9-14(16)18-15(19)11-12-7-3-4-8-13(12)17;/h12-14H,3-11,17H2,1-2H3,(H,18,19);1H. The molecule has 3 unspecified atom stereocenters. The fraction of sp³-hybridized carbons (Fsp3) is 0.938. The monoisotopic (exact) mass is 302 g/mol. The Labute approximate surface area is 129 Å². The zero-order chi connectivity index (χ0) is 13.9. The van der Waals surface area contributed by atoms with Crippen molar-refractivity contribution in [2.75, 3.05) is 0 Å². The number of hydrogen-bond donors (Lipinski definition) is 2. The van der Waals surface area contributed by atoms with Gasteiger partial charge in [0.15, 0.2) is 0 Å². The van der Waals surface area contributed by atoms with Crippen LogP contribution in [0.3, 0.4) is 0 Å². The molecule has 3 N–H and O–H groups in total. The molecule has 0 saturated heterocycles. The smallest absolute Gasteiger partial charge is 0.220 e. The van der Waals surface area contributed by atoms with E-state index < -0.39 is 0 Å². The Kier molecular flexibility index (Phi) is 6.80. The van der Waals surface area contributed by atoms with Crippen LogP contribution in [0.5, 0.6) is 0 Å². The van der Waals surface area contributed by atoms with E-state index in [2.05, 4.69) is 19.2 Å². The Morgan fingerprint density at radius 1 is 1.15 bits per heavy atom. The van der Waals surface area contributed by atoms with Gasteiger partial charge in [-0.25, -0.2) is 0 Å². The van der Waals surface area contributed by atoms with Gasteiger partial charge >= 0.3 is 0 Å². The molecule has 20 heavy (non-hydrogen) atoms. The summed E-state index contributed by atoms with van der Waals surface area (Å²) in [7, 11) is 0. The first-order chi connectivity index (χ1) is 8.99. The van der Waals surface area contributed by atoms with E-state index in [0.717, 1.165) is 19.3 Å². The number of nitrogens with one attached hydrogen (secondary N) is 1. The zero-order valence-corrected chi connectivity index (χ0v) is 13.8. The van der Waals surface area contributed by atoms with E-state index in [1.165, 1.54) is 32.1 Å². The van der Waals surface area contributed by atoms with E-state index in [9.17, 15) is 4.79 Å². The second-order valence-electron chi connectivity index (χ2n) is 7.27. The maximum Gasteiger partial charge on any atom is 0.220 e. The summed E-state index contributed by atoms with van der Waals surface area (Å²) in [6.45, 7) is 4.56. The zero-order valence-electron chi connectivity index (χ0n) is 13.0. The van der Waals surface area contributed by atoms with Crippen molar-refractivity contribution in [3.8, 4) is 0 Å². The molecule has 0 aromatic heterocycles. The fourth-order valence-corrected chi connectivity index (χ4v) is 3.74. The van der Waals surface area contributed by atoms with Crippen LogP contribution in [0.25, 0.3) is 0 Å². The Morgan fingerprint density at radius 3 is 2.45 bits per heavy atom. The van der Waals surface area contributed by atoms with Gasteiger partial charge in [-0.3, -0.25) is 4.79 Å². The number of halogens is 1. The molecule has 4 heteroatoms. The van der Waals surface area contributed by atoms with Crippen LogP contribution in [-0.4, -0.2) is 18.0 Å². The molecular weight excluding hydrogens is 272 g/mol. The minimum atomic E-state index is 0. The van der Waals surface area contributed by atoms with Crippen molar-refractivity contribution in [1.29, 1.82) is 0 Å². The van der Waals surface area contributed by atoms with E-state index >= 15 is 0 Å². The number of carbonyl (C=O) groups is 1. The van der Waals surface area contributed by atoms with Crippen LogP contribution in [0.4, 0.5) is 0 Å². The molecule has 0 heterocycles. The van der Waals surface area contributed by atoms with Gasteiger partial charge in [-0.2, -0.15) is 0 Å². The molecule has 2 aliphatic carbocycles. The molecule has 2 rings (SSSR count). The molecule has 0 aliphatic heterocycles. The molecule has 3 nitrogen and oxygen atoms in total. The molecule has 2 fully saturated rings. The van der Waals surface area contributed by atoms with Crippen LogP contribution in [0.2, 0.25) is 0 Å². The van der Waals surface area contributed by atoms with Crippen molar-refractivity contribution >= 4 is 18.3 Å². The van der Waals surface area contributed by atoms with E-state index in [4.69, 9.17) is 5.73 Å². The predicted octanol–water partition coefficient (Wildman–Crippen LogP) is 3.40. The molecule has 0 aromatic carbocycles. The lowest BCUT2D eigenvalue weighted by Crippen LogP contribution is -2.48. The van der Waals surface area contributed by atoms with Crippen LogP contribution in [0.15, 0.2) is 0 Å². The maximum absolute atomic E-state index is 12.2. The summed E-state index contributed by atoms with van der Waals surface area (Å²) in [4.78, 5) is 12.2. The Morgan fingerprint density at radius 2 is 1.80 bits per heavy atom. The van der Waals surface area contributed by atoms with Gasteiger partial charge in [0.1, 0.15) is 0 Å². The molecule has 0 radical (unpaired) electrons. The summed E-state index contributed by atoms with van der Waals surface area (Å²) in [6, 6.07) is 0.590. The summed E-state index contributed by atoms with van der Waals surface area (Å²) in [6.07, 6.45) is 10.2. The lowest BCUT2D eigenvalue weighted by atomic mass is 9.73. The summed E-state index contributed by atoms with van der Waals surface area (Å²) < 4.78 is 0. The Bertz CT molecular complexity index is 320. The summed E-state index contributed by atoms with van der Waals surface area (Å²) in [5, 5.41) is 3.28. The van der Waals surface area contributed by atoms with E-state index in [-0.39, 0.29) is 29.8 Å². The van der Waals surface area contributed by atoms with E-state index in [0.29, 0.717) is 18.4 Å². The SMILES string of the molecule is CC1(C)CCCCC1NC(=O)CC1CCCCC1N.Cl. The summed E-state index contributed by atoms with van der Waals surface area (Å²) in [5.74, 6) is 0.628. The van der Waals surface area contributed by atoms with Crippen LogP contribution in [-0.2, 0) is 4.79 Å². The third kappa shape index (κ3) is 4.63. The largest absolute Gasteiger partial charge is 0.353 e. The minimum Gasteiger partial charge on any atom is -0.353 e. The molecule has 2 aliphatic rings. The first kappa shape index (κ1) is 17.8. The predicted molar refractivity (Wildman–Crippen MR) is 86.0 cm³/mol. The first-order valence-electron chi connectivity index (χ1n) is 8.04. The fourth-order valence-electron chi connectivity index (χ4n) is 3.74. The van der Waals surface area contributed by atoms with E-state index in [1.807, 2.05) is 0 Å². The summed E-state index contributed by atoms with van der Waals surface area (Å²) in [5.41, 5.74) is 6.39. The van der Waals surface area contributed by atoms with Gasteiger partial charge < -0.3 is 11.1 Å². The van der Waals surface area contributed by atoms with Gasteiger partial charge in [-0.15, -0.1) is 12.4 Å². The molecule has 118 valence electrons. The average molecular weight is 303 g/mol. The second kappa shape index (κ2) is 7.65. The molecule has 1 amide bonds. The van der Waals surface area contributed by atoms with Crippen molar-refractivity contribution in [2.45, 2.75) is 83.7 Å². The highest BCUT2D eigenvalue weighted by Crippen LogP contribution is 2.35. The van der Waals surface area contributed by atoms with Gasteiger partial charge in [0.2, 0.25) is 5.91 Å². The summed E-state index contributed by atoms with van der Waals surface area (Å²) >= 11 is 0. The highest BCUT2D eigenvalue weighted by Gasteiger charge is 2.34. The van der Waals surface area contributed by atoms with Crippen molar-refractivity contribution in [3.05, 3.63) is 0 Å². The second-order valence-corrected chi connectivity index (χ2v) is 7.27. The normalized spacial score (nSPS) is 33.0. The lowest BCUT2D eigenvalue weighted by Gasteiger charge is -2.39. The Hall–Kier alpha value is -0.280. The van der Waals surface area contributed by atoms with Gasteiger partial charge in [0, 0.05) is 18.5 Å². The first-order valence-corrected chi connectivity index (χ1v) is 8.04. The Balaban J connectivity index is 0.00000200. The minimum absolute atomic E-state index is 0. The number of hydrogen-bond acceptors (Lipinski definition) is 2. The van der Waals surface area contributed by atoms with Crippen molar-refractivity contribution in [1.82, 2.24) is 5.32 Å². The van der Waals surface area contributed by atoms with Gasteiger partial charge in [0.05, 0.1) is 0 Å². The molecule has 3 atom stereocenters. The third-order valence-corrected chi connectivity index (χ3v) is 5.26. The van der Waals surface area contributed by atoms with Gasteiger partial charge in [-0.05, 0) is 37.0 Å². The van der Waals surface area contributed by atoms with Gasteiger partial charge in [0.25, 0.3) is 0 Å². The average Bonchev–Trinajstić information content (AvgIpc) is 2.35. The van der Waals surface area contributed by atoms with Crippen molar-refractivity contribution in [3.63, 3.8) is 0 Å². The topological polar surface area (TPSA) is 55.1 Å². The van der Waals surface area contributed by atoms with Crippen LogP contribution >= 0.6 is 12.4 Å². The molecule has 0 spiro atoms. The van der Waals surface area contributed by atoms with Crippen LogP contribution in [0.1, 0.15) is 71.6 Å². The van der Waals surface area contributed by atoms with Crippen molar-refractivity contribution < 1.29 is 4.79 Å². The van der Waals surface area contributed by atoms with Crippen molar-refractivity contribution in [2.24, 2.45) is 17.1 Å². The number of carbonyl (C=O) groups excluding carboxylic acids is 1. The third-order valence-electron chi connectivity index (χ3n) is 5.26. The maximum atomic E-state index is 12.2. The van der Waals surface area contributed by atoms with Crippen LogP contribution < -0.4 is 11.1 Å². The van der Waals surface area contributed by atoms with Gasteiger partial charge in [-0.1, -0.05) is 39.5 Å². The molecule has 2 saturated carbocycles. The highest BCUT2D eigenvalue weighted by molar-refractivity contribution is 5.85. The number of amides is 1. The van der Waals surface area contributed by atoms with E-state index in [1.54, 1.807) is 0 Å². The quantitative estimate of drug-likeness (QED) is 0.839.